The monoisotopic (exact) mass is 295 g/mol. The van der Waals surface area contributed by atoms with Gasteiger partial charge in [-0.1, -0.05) is 47.0 Å². The van der Waals surface area contributed by atoms with Gasteiger partial charge in [0.1, 0.15) is 0 Å². The maximum Gasteiger partial charge on any atom is 0.0626 e. The average molecular weight is 296 g/mol. The Morgan fingerprint density at radius 1 is 1.14 bits per heavy atom. The summed E-state index contributed by atoms with van der Waals surface area (Å²) < 4.78 is 6.39. The summed E-state index contributed by atoms with van der Waals surface area (Å²) in [6.07, 6.45) is 11.4. The molecule has 0 spiro atoms. The van der Waals surface area contributed by atoms with Crippen molar-refractivity contribution in [1.29, 1.82) is 0 Å². The minimum absolute atomic E-state index is 0.459. The summed E-state index contributed by atoms with van der Waals surface area (Å²) in [7, 11) is 0. The number of hydrogen-bond donors (Lipinski definition) is 1. The van der Waals surface area contributed by atoms with Crippen molar-refractivity contribution in [2.75, 3.05) is 13.2 Å². The van der Waals surface area contributed by atoms with Gasteiger partial charge >= 0.3 is 0 Å². The van der Waals surface area contributed by atoms with Crippen LogP contribution in [0.2, 0.25) is 0 Å². The maximum atomic E-state index is 6.39. The van der Waals surface area contributed by atoms with E-state index in [-0.39, 0.29) is 0 Å². The number of ether oxygens (including phenoxy) is 1. The van der Waals surface area contributed by atoms with Gasteiger partial charge in [-0.3, -0.25) is 0 Å². The second-order valence-electron chi connectivity index (χ2n) is 8.43. The first kappa shape index (κ1) is 17.3. The first-order valence-corrected chi connectivity index (χ1v) is 9.35. The molecule has 1 N–H and O–H groups in total. The molecule has 0 amide bonds. The molecule has 0 aliphatic heterocycles. The van der Waals surface area contributed by atoms with Gasteiger partial charge in [-0.25, -0.2) is 0 Å². The minimum Gasteiger partial charge on any atom is -0.377 e. The van der Waals surface area contributed by atoms with Gasteiger partial charge in [0.2, 0.25) is 0 Å². The summed E-state index contributed by atoms with van der Waals surface area (Å²) in [5, 5.41) is 3.70. The fourth-order valence-corrected chi connectivity index (χ4v) is 4.79. The minimum atomic E-state index is 0.459. The second-order valence-corrected chi connectivity index (χ2v) is 8.43. The third kappa shape index (κ3) is 5.56. The van der Waals surface area contributed by atoms with E-state index in [0.29, 0.717) is 17.6 Å². The van der Waals surface area contributed by atoms with E-state index in [1.54, 1.807) is 0 Å². The Bertz CT molecular complexity index is 296. The Labute approximate surface area is 132 Å². The van der Waals surface area contributed by atoms with Crippen LogP contribution >= 0.6 is 0 Å². The molecule has 2 aliphatic carbocycles. The summed E-state index contributed by atoms with van der Waals surface area (Å²) in [5.74, 6) is 1.65. The first-order valence-electron chi connectivity index (χ1n) is 9.35. The van der Waals surface area contributed by atoms with E-state index < -0.39 is 0 Å². The average Bonchev–Trinajstić information content (AvgIpc) is 2.42. The smallest absolute Gasteiger partial charge is 0.0626 e. The molecule has 3 atom stereocenters. The zero-order valence-electron chi connectivity index (χ0n) is 14.8. The standard InChI is InChI=1S/C19H37NO/c1-5-20-18(16-9-7-6-8-10-16)14-21-17-11-15(2)12-19(3,4)13-17/h15-18,20H,5-14H2,1-4H3. The van der Waals surface area contributed by atoms with Crippen LogP contribution in [0.15, 0.2) is 0 Å². The number of nitrogens with one attached hydrogen (secondary N) is 1. The molecule has 21 heavy (non-hydrogen) atoms. The summed E-state index contributed by atoms with van der Waals surface area (Å²) in [6, 6.07) is 0.579. The molecule has 2 aliphatic rings. The summed E-state index contributed by atoms with van der Waals surface area (Å²) in [4.78, 5) is 0. The van der Waals surface area contributed by atoms with Crippen molar-refractivity contribution in [3.8, 4) is 0 Å². The Balaban J connectivity index is 1.83. The Morgan fingerprint density at radius 3 is 2.48 bits per heavy atom. The van der Waals surface area contributed by atoms with E-state index >= 15 is 0 Å². The third-order valence-electron chi connectivity index (χ3n) is 5.54. The molecular weight excluding hydrogens is 258 g/mol. The molecule has 2 nitrogen and oxygen atoms in total. The van der Waals surface area contributed by atoms with Gasteiger partial charge in [0.05, 0.1) is 12.7 Å². The molecule has 124 valence electrons. The quantitative estimate of drug-likeness (QED) is 0.761. The highest BCUT2D eigenvalue weighted by molar-refractivity contribution is 4.85. The first-order chi connectivity index (χ1) is 10.00. The zero-order chi connectivity index (χ0) is 15.3. The largest absolute Gasteiger partial charge is 0.377 e. The van der Waals surface area contributed by atoms with Gasteiger partial charge < -0.3 is 10.1 Å². The van der Waals surface area contributed by atoms with Gasteiger partial charge in [-0.15, -0.1) is 0 Å². The van der Waals surface area contributed by atoms with E-state index in [1.165, 1.54) is 51.4 Å². The highest BCUT2D eigenvalue weighted by atomic mass is 16.5. The Kier molecular flexibility index (Phi) is 6.55. The van der Waals surface area contributed by atoms with Crippen LogP contribution in [0.25, 0.3) is 0 Å². The van der Waals surface area contributed by atoms with Crippen LogP contribution in [-0.2, 0) is 4.74 Å². The fraction of sp³-hybridized carbons (Fsp3) is 1.00. The molecule has 0 aromatic carbocycles. The van der Waals surface area contributed by atoms with Gasteiger partial charge in [0.15, 0.2) is 0 Å². The van der Waals surface area contributed by atoms with Crippen LogP contribution in [-0.4, -0.2) is 25.3 Å². The van der Waals surface area contributed by atoms with Crippen LogP contribution < -0.4 is 5.32 Å². The lowest BCUT2D eigenvalue weighted by atomic mass is 9.71. The van der Waals surface area contributed by atoms with Crippen LogP contribution in [0.3, 0.4) is 0 Å². The highest BCUT2D eigenvalue weighted by Gasteiger charge is 2.33. The SMILES string of the molecule is CCNC(COC1CC(C)CC(C)(C)C1)C1CCCCC1. The van der Waals surface area contributed by atoms with Crippen molar-refractivity contribution in [3.05, 3.63) is 0 Å². The van der Waals surface area contributed by atoms with E-state index in [1.807, 2.05) is 0 Å². The van der Waals surface area contributed by atoms with Crippen LogP contribution in [0.4, 0.5) is 0 Å². The number of rotatable bonds is 6. The molecular formula is C19H37NO. The van der Waals surface area contributed by atoms with Gasteiger partial charge in [0.25, 0.3) is 0 Å². The van der Waals surface area contributed by atoms with Gasteiger partial charge in [0, 0.05) is 6.04 Å². The molecule has 0 radical (unpaired) electrons. The molecule has 0 aromatic heterocycles. The summed E-state index contributed by atoms with van der Waals surface area (Å²) in [6.45, 7) is 11.4. The van der Waals surface area contributed by atoms with Gasteiger partial charge in [-0.05, 0) is 55.9 Å². The lowest BCUT2D eigenvalue weighted by molar-refractivity contribution is -0.0375. The van der Waals surface area contributed by atoms with Crippen LogP contribution in [0, 0.1) is 17.3 Å². The normalized spacial score (nSPS) is 32.0. The highest BCUT2D eigenvalue weighted by Crippen LogP contribution is 2.39. The molecule has 2 rings (SSSR count). The fourth-order valence-electron chi connectivity index (χ4n) is 4.79. The van der Waals surface area contributed by atoms with E-state index in [4.69, 9.17) is 4.74 Å². The Morgan fingerprint density at radius 2 is 1.86 bits per heavy atom. The van der Waals surface area contributed by atoms with Crippen molar-refractivity contribution in [1.82, 2.24) is 5.32 Å². The lowest BCUT2D eigenvalue weighted by Crippen LogP contribution is -2.43. The number of hydrogen-bond acceptors (Lipinski definition) is 2. The lowest BCUT2D eigenvalue weighted by Gasteiger charge is -2.40. The van der Waals surface area contributed by atoms with Crippen molar-refractivity contribution < 1.29 is 4.74 Å². The van der Waals surface area contributed by atoms with Crippen molar-refractivity contribution in [3.63, 3.8) is 0 Å². The molecule has 0 heterocycles. The van der Waals surface area contributed by atoms with E-state index in [9.17, 15) is 0 Å². The van der Waals surface area contributed by atoms with Crippen LogP contribution in [0.5, 0.6) is 0 Å². The predicted molar refractivity (Wildman–Crippen MR) is 90.6 cm³/mol. The number of likely N-dealkylation sites (N-methyl/N-ethyl adjacent to an activating group) is 1. The topological polar surface area (TPSA) is 21.3 Å². The second kappa shape index (κ2) is 7.97. The molecule has 2 saturated carbocycles. The predicted octanol–water partition coefficient (Wildman–Crippen LogP) is 4.78. The molecule has 2 heteroatoms. The van der Waals surface area contributed by atoms with E-state index in [0.717, 1.165) is 25.0 Å². The summed E-state index contributed by atoms with van der Waals surface area (Å²) in [5.41, 5.74) is 0.459. The van der Waals surface area contributed by atoms with Gasteiger partial charge in [-0.2, -0.15) is 0 Å². The Hall–Kier alpha value is -0.0800. The summed E-state index contributed by atoms with van der Waals surface area (Å²) >= 11 is 0. The van der Waals surface area contributed by atoms with Crippen molar-refractivity contribution >= 4 is 0 Å². The van der Waals surface area contributed by atoms with Crippen molar-refractivity contribution in [2.24, 2.45) is 17.3 Å². The molecule has 0 bridgehead atoms. The van der Waals surface area contributed by atoms with Crippen molar-refractivity contribution in [2.45, 2.75) is 91.2 Å². The molecule has 2 fully saturated rings. The molecule has 3 unspecified atom stereocenters. The molecule has 0 saturated heterocycles. The van der Waals surface area contributed by atoms with Crippen LogP contribution in [0.1, 0.15) is 79.1 Å². The molecule has 0 aromatic rings. The maximum absolute atomic E-state index is 6.39. The van der Waals surface area contributed by atoms with E-state index in [2.05, 4.69) is 33.0 Å². The third-order valence-corrected chi connectivity index (χ3v) is 5.54. The zero-order valence-corrected chi connectivity index (χ0v) is 14.8.